The van der Waals surface area contributed by atoms with Gasteiger partial charge in [0.05, 0.1) is 11.8 Å². The number of hydrogen-bond acceptors (Lipinski definition) is 3. The van der Waals surface area contributed by atoms with Crippen LogP contribution in [0.25, 0.3) is 0 Å². The number of rotatable bonds is 4. The lowest BCUT2D eigenvalue weighted by atomic mass is 10.0. The maximum Gasteiger partial charge on any atom is 0.142 e. The molecule has 1 aliphatic heterocycles. The van der Waals surface area contributed by atoms with Crippen molar-refractivity contribution in [3.05, 3.63) is 24.3 Å². The molecule has 1 fully saturated rings. The van der Waals surface area contributed by atoms with E-state index < -0.39 is 0 Å². The minimum absolute atomic E-state index is 0.200. The number of ether oxygens (including phenoxy) is 1. The van der Waals surface area contributed by atoms with Crippen molar-refractivity contribution in [1.82, 2.24) is 5.32 Å². The third-order valence-corrected chi connectivity index (χ3v) is 3.19. The van der Waals surface area contributed by atoms with Gasteiger partial charge in [0.15, 0.2) is 0 Å². The maximum atomic E-state index is 5.82. The largest absolute Gasteiger partial charge is 0.489 e. The van der Waals surface area contributed by atoms with Gasteiger partial charge >= 0.3 is 0 Å². The van der Waals surface area contributed by atoms with Gasteiger partial charge in [-0.15, -0.1) is 0 Å². The molecule has 3 nitrogen and oxygen atoms in total. The average Bonchev–Trinajstić information content (AvgIpc) is 2.60. The fraction of sp³-hybridized carbons (Fsp3) is 0.600. The van der Waals surface area contributed by atoms with Crippen LogP contribution < -0.4 is 15.4 Å². The first-order valence-electron chi connectivity index (χ1n) is 6.73. The molecule has 0 spiro atoms. The highest BCUT2D eigenvalue weighted by Gasteiger charge is 2.30. The Balaban J connectivity index is 2.05. The molecular formula is C15H24N2O. The van der Waals surface area contributed by atoms with Gasteiger partial charge in [-0.1, -0.05) is 12.1 Å². The number of anilines is 1. The highest BCUT2D eigenvalue weighted by molar-refractivity contribution is 5.57. The van der Waals surface area contributed by atoms with Crippen molar-refractivity contribution in [2.75, 3.05) is 11.9 Å². The molecule has 100 valence electrons. The summed E-state index contributed by atoms with van der Waals surface area (Å²) in [6, 6.07) is 8.64. The van der Waals surface area contributed by atoms with E-state index in [9.17, 15) is 0 Å². The second-order valence-electron chi connectivity index (χ2n) is 5.97. The zero-order valence-corrected chi connectivity index (χ0v) is 11.8. The predicted octanol–water partition coefficient (Wildman–Crippen LogP) is 3.03. The van der Waals surface area contributed by atoms with E-state index in [1.807, 2.05) is 18.2 Å². The van der Waals surface area contributed by atoms with Crippen molar-refractivity contribution in [2.24, 2.45) is 0 Å². The summed E-state index contributed by atoms with van der Waals surface area (Å²) in [6.45, 7) is 9.59. The van der Waals surface area contributed by atoms with Crippen LogP contribution in [0.2, 0.25) is 0 Å². The molecule has 3 heteroatoms. The number of hydrogen-bond donors (Lipinski definition) is 2. The molecule has 1 aromatic rings. The van der Waals surface area contributed by atoms with Gasteiger partial charge in [0, 0.05) is 18.1 Å². The summed E-state index contributed by atoms with van der Waals surface area (Å²) >= 11 is 0. The Labute approximate surface area is 110 Å². The molecule has 1 aromatic carbocycles. The Morgan fingerprint density at radius 2 is 2.06 bits per heavy atom. The van der Waals surface area contributed by atoms with Gasteiger partial charge in [-0.3, -0.25) is 0 Å². The van der Waals surface area contributed by atoms with Crippen molar-refractivity contribution >= 4 is 5.69 Å². The van der Waals surface area contributed by atoms with Gasteiger partial charge in [-0.05, 0) is 46.2 Å². The van der Waals surface area contributed by atoms with Crippen LogP contribution in [0.15, 0.2) is 24.3 Å². The highest BCUT2D eigenvalue weighted by Crippen LogP contribution is 2.28. The van der Waals surface area contributed by atoms with Crippen molar-refractivity contribution in [1.29, 1.82) is 0 Å². The first kappa shape index (κ1) is 13.2. The summed E-state index contributed by atoms with van der Waals surface area (Å²) in [5.41, 5.74) is 1.32. The molecule has 0 radical (unpaired) electrons. The molecular weight excluding hydrogens is 224 g/mol. The second-order valence-corrected chi connectivity index (χ2v) is 5.97. The molecule has 1 unspecified atom stereocenters. The van der Waals surface area contributed by atoms with Gasteiger partial charge in [0.2, 0.25) is 0 Å². The lowest BCUT2D eigenvalue weighted by molar-refractivity contribution is 0.243. The van der Waals surface area contributed by atoms with Crippen LogP contribution in [0, 0.1) is 0 Å². The van der Waals surface area contributed by atoms with Crippen molar-refractivity contribution in [2.45, 2.75) is 51.8 Å². The van der Waals surface area contributed by atoms with E-state index in [2.05, 4.69) is 44.4 Å². The smallest absolute Gasteiger partial charge is 0.142 e. The van der Waals surface area contributed by atoms with Gasteiger partial charge in [0.1, 0.15) is 5.75 Å². The van der Waals surface area contributed by atoms with E-state index >= 15 is 0 Å². The highest BCUT2D eigenvalue weighted by atomic mass is 16.5. The summed E-state index contributed by atoms with van der Waals surface area (Å²) in [4.78, 5) is 0. The first-order chi connectivity index (χ1) is 8.46. The minimum atomic E-state index is 0.200. The van der Waals surface area contributed by atoms with Crippen LogP contribution >= 0.6 is 0 Å². The van der Waals surface area contributed by atoms with Crippen LogP contribution in [-0.2, 0) is 0 Å². The third-order valence-electron chi connectivity index (χ3n) is 3.19. The van der Waals surface area contributed by atoms with E-state index in [-0.39, 0.29) is 11.6 Å². The van der Waals surface area contributed by atoms with Crippen molar-refractivity contribution < 1.29 is 4.74 Å². The average molecular weight is 248 g/mol. The molecule has 2 rings (SSSR count). The summed E-state index contributed by atoms with van der Waals surface area (Å²) in [5, 5.41) is 7.11. The molecule has 0 aromatic heterocycles. The summed E-state index contributed by atoms with van der Waals surface area (Å²) in [5.74, 6) is 0.942. The summed E-state index contributed by atoms with van der Waals surface area (Å²) in [7, 11) is 0. The molecule has 0 aliphatic carbocycles. The molecule has 1 aliphatic rings. The van der Waals surface area contributed by atoms with E-state index in [0.29, 0.717) is 6.04 Å². The molecule has 0 bridgehead atoms. The van der Waals surface area contributed by atoms with Gasteiger partial charge in [0.25, 0.3) is 0 Å². The fourth-order valence-electron chi connectivity index (χ4n) is 2.42. The van der Waals surface area contributed by atoms with Crippen LogP contribution in [0.4, 0.5) is 5.69 Å². The van der Waals surface area contributed by atoms with Crippen LogP contribution in [0.1, 0.15) is 34.1 Å². The Morgan fingerprint density at radius 1 is 1.33 bits per heavy atom. The van der Waals surface area contributed by atoms with E-state index in [0.717, 1.165) is 24.4 Å². The third kappa shape index (κ3) is 3.39. The quantitative estimate of drug-likeness (QED) is 0.859. The van der Waals surface area contributed by atoms with Crippen LogP contribution in [-0.4, -0.2) is 24.2 Å². The monoisotopic (exact) mass is 248 g/mol. The zero-order valence-electron chi connectivity index (χ0n) is 11.8. The summed E-state index contributed by atoms with van der Waals surface area (Å²) in [6.07, 6.45) is 1.33. The Hall–Kier alpha value is -1.22. The molecule has 0 amide bonds. The van der Waals surface area contributed by atoms with E-state index in [4.69, 9.17) is 4.74 Å². The lowest BCUT2D eigenvalue weighted by Crippen LogP contribution is -2.31. The normalized spacial score (nSPS) is 22.2. The number of nitrogens with one attached hydrogen (secondary N) is 2. The van der Waals surface area contributed by atoms with Gasteiger partial charge in [-0.2, -0.15) is 0 Å². The zero-order chi connectivity index (χ0) is 13.2. The first-order valence-corrected chi connectivity index (χ1v) is 6.73. The van der Waals surface area contributed by atoms with Gasteiger partial charge in [-0.25, -0.2) is 0 Å². The Morgan fingerprint density at radius 3 is 2.67 bits per heavy atom. The fourth-order valence-corrected chi connectivity index (χ4v) is 2.42. The Bertz CT molecular complexity index is 401. The van der Waals surface area contributed by atoms with Crippen molar-refractivity contribution in [3.63, 3.8) is 0 Å². The van der Waals surface area contributed by atoms with Crippen LogP contribution in [0.5, 0.6) is 5.75 Å². The second kappa shape index (κ2) is 5.19. The summed E-state index contributed by atoms with van der Waals surface area (Å²) < 4.78 is 5.82. The molecule has 1 atom stereocenters. The minimum Gasteiger partial charge on any atom is -0.489 e. The van der Waals surface area contributed by atoms with Gasteiger partial charge < -0.3 is 15.4 Å². The lowest BCUT2D eigenvalue weighted by Gasteiger charge is -2.20. The van der Waals surface area contributed by atoms with E-state index in [1.54, 1.807) is 0 Å². The SMILES string of the molecule is CC(C)Oc1ccccc1NC1CNC(C)(C)C1. The van der Waals surface area contributed by atoms with E-state index in [1.165, 1.54) is 0 Å². The predicted molar refractivity (Wildman–Crippen MR) is 76.3 cm³/mol. The molecule has 0 saturated carbocycles. The molecule has 2 N–H and O–H groups in total. The maximum absolute atomic E-state index is 5.82. The molecule has 1 saturated heterocycles. The number of para-hydroxylation sites is 2. The standard InChI is InChI=1S/C15H24N2O/c1-11(2)18-14-8-6-5-7-13(14)17-12-9-15(3,4)16-10-12/h5-8,11-12,16-17H,9-10H2,1-4H3. The topological polar surface area (TPSA) is 33.3 Å². The molecule has 18 heavy (non-hydrogen) atoms. The van der Waals surface area contributed by atoms with Crippen LogP contribution in [0.3, 0.4) is 0 Å². The van der Waals surface area contributed by atoms with Crippen molar-refractivity contribution in [3.8, 4) is 5.75 Å². The molecule has 1 heterocycles. The Kier molecular flexibility index (Phi) is 3.81. The number of benzene rings is 1.